The zero-order valence-electron chi connectivity index (χ0n) is 11.6. The lowest BCUT2D eigenvalue weighted by Gasteiger charge is -2.11. The highest BCUT2D eigenvalue weighted by Gasteiger charge is 2.14. The number of rotatable bonds is 4. The van der Waals surface area contributed by atoms with E-state index in [1.807, 2.05) is 45.3 Å². The van der Waals surface area contributed by atoms with Crippen molar-refractivity contribution in [3.8, 4) is 0 Å². The zero-order chi connectivity index (χ0) is 13.5. The van der Waals surface area contributed by atoms with E-state index in [2.05, 4.69) is 16.4 Å². The van der Waals surface area contributed by atoms with Gasteiger partial charge in [0.2, 0.25) is 0 Å². The summed E-state index contributed by atoms with van der Waals surface area (Å²) < 4.78 is 0. The first-order valence-electron chi connectivity index (χ1n) is 6.45. The molecule has 0 radical (unpaired) electrons. The Labute approximate surface area is 109 Å². The lowest BCUT2D eigenvalue weighted by atomic mass is 10.0. The number of carbonyl (C=O) groups is 1. The number of Topliss-reactive ketones (excluding diaryl/α,β-unsaturated/α-hetero) is 1. The second-order valence-electron chi connectivity index (χ2n) is 4.02. The highest BCUT2D eigenvalue weighted by atomic mass is 16.1. The van der Waals surface area contributed by atoms with Crippen LogP contribution >= 0.6 is 0 Å². The van der Waals surface area contributed by atoms with Crippen LogP contribution in [0, 0.1) is 0 Å². The van der Waals surface area contributed by atoms with Gasteiger partial charge >= 0.3 is 0 Å². The summed E-state index contributed by atoms with van der Waals surface area (Å²) in [6.45, 7) is 5.62. The fourth-order valence-electron chi connectivity index (χ4n) is 1.97. The third-order valence-corrected chi connectivity index (χ3v) is 2.94. The topological polar surface area (TPSA) is 44.9 Å². The van der Waals surface area contributed by atoms with Crippen molar-refractivity contribution in [2.75, 3.05) is 7.05 Å². The predicted molar refractivity (Wildman–Crippen MR) is 76.9 cm³/mol. The lowest BCUT2D eigenvalue weighted by molar-refractivity contribution is -0.118. The van der Waals surface area contributed by atoms with Crippen LogP contribution in [0.1, 0.15) is 26.3 Å². The second kappa shape index (κ2) is 6.97. The molecule has 0 spiro atoms. The summed E-state index contributed by atoms with van der Waals surface area (Å²) in [5.41, 5.74) is 2.31. The van der Waals surface area contributed by atoms with Crippen LogP contribution in [0.3, 0.4) is 0 Å². The van der Waals surface area contributed by atoms with E-state index in [9.17, 15) is 4.79 Å². The number of likely N-dealkylation sites (N-methyl/N-ethyl adjacent to an activating group) is 1. The molecule has 2 N–H and O–H groups in total. The minimum absolute atomic E-state index is 0.0980. The molecule has 1 unspecified atom stereocenters. The molecular weight excluding hydrogens is 224 g/mol. The van der Waals surface area contributed by atoms with E-state index in [0.717, 1.165) is 11.9 Å². The molecule has 1 aromatic carbocycles. The van der Waals surface area contributed by atoms with Gasteiger partial charge in [0.1, 0.15) is 5.78 Å². The van der Waals surface area contributed by atoms with E-state index >= 15 is 0 Å². The standard InChI is InChI=1S/C13H16N2O.C2H6/c1-9(16)13(14-2)7-10-8-15-12-6-4-3-5-11(10)12;1-2/h3-6,8,13-15H,7H2,1-2H3;1-2H3. The highest BCUT2D eigenvalue weighted by molar-refractivity contribution is 5.86. The van der Waals surface area contributed by atoms with E-state index in [4.69, 9.17) is 0 Å². The van der Waals surface area contributed by atoms with E-state index < -0.39 is 0 Å². The van der Waals surface area contributed by atoms with Crippen LogP contribution in [0.2, 0.25) is 0 Å². The minimum atomic E-state index is -0.0980. The Balaban J connectivity index is 0.000000771. The zero-order valence-corrected chi connectivity index (χ0v) is 11.6. The molecule has 3 nitrogen and oxygen atoms in total. The first-order chi connectivity index (χ1) is 8.72. The van der Waals surface area contributed by atoms with Gasteiger partial charge in [-0.3, -0.25) is 4.79 Å². The number of fused-ring (bicyclic) bond motifs is 1. The number of hydrogen-bond acceptors (Lipinski definition) is 2. The Morgan fingerprint density at radius 2 is 2.00 bits per heavy atom. The molecule has 1 atom stereocenters. The Hall–Kier alpha value is -1.61. The van der Waals surface area contributed by atoms with Gasteiger partial charge in [0.15, 0.2) is 0 Å². The van der Waals surface area contributed by atoms with Crippen LogP contribution in [0.5, 0.6) is 0 Å². The van der Waals surface area contributed by atoms with Gasteiger partial charge in [0.05, 0.1) is 6.04 Å². The monoisotopic (exact) mass is 246 g/mol. The number of hydrogen-bond donors (Lipinski definition) is 2. The van der Waals surface area contributed by atoms with Gasteiger partial charge in [-0.25, -0.2) is 0 Å². The Kier molecular flexibility index (Phi) is 5.59. The number of para-hydroxylation sites is 1. The number of aromatic amines is 1. The summed E-state index contributed by atoms with van der Waals surface area (Å²) in [5.74, 6) is 0.174. The Morgan fingerprint density at radius 3 is 2.61 bits per heavy atom. The van der Waals surface area contributed by atoms with Crippen molar-refractivity contribution in [1.82, 2.24) is 10.3 Å². The molecule has 18 heavy (non-hydrogen) atoms. The van der Waals surface area contributed by atoms with Gasteiger partial charge in [-0.1, -0.05) is 32.0 Å². The van der Waals surface area contributed by atoms with Crippen molar-refractivity contribution in [2.45, 2.75) is 33.2 Å². The minimum Gasteiger partial charge on any atom is -0.361 e. The molecule has 3 heteroatoms. The molecule has 1 heterocycles. The molecule has 0 fully saturated rings. The molecule has 2 rings (SSSR count). The van der Waals surface area contributed by atoms with Gasteiger partial charge in [0, 0.05) is 17.1 Å². The Morgan fingerprint density at radius 1 is 1.33 bits per heavy atom. The van der Waals surface area contributed by atoms with E-state index in [0.29, 0.717) is 0 Å². The van der Waals surface area contributed by atoms with Crippen molar-refractivity contribution in [2.24, 2.45) is 0 Å². The maximum absolute atomic E-state index is 11.4. The molecule has 0 saturated heterocycles. The van der Waals surface area contributed by atoms with Crippen molar-refractivity contribution >= 4 is 16.7 Å². The number of ketones is 1. The summed E-state index contributed by atoms with van der Waals surface area (Å²) in [6.07, 6.45) is 2.72. The summed E-state index contributed by atoms with van der Waals surface area (Å²) in [4.78, 5) is 14.6. The summed E-state index contributed by atoms with van der Waals surface area (Å²) in [6, 6.07) is 8.04. The quantitative estimate of drug-likeness (QED) is 0.871. The smallest absolute Gasteiger partial charge is 0.147 e. The largest absolute Gasteiger partial charge is 0.361 e. The summed E-state index contributed by atoms with van der Waals surface area (Å²) in [5, 5.41) is 4.24. The van der Waals surface area contributed by atoms with E-state index in [1.165, 1.54) is 10.9 Å². The second-order valence-corrected chi connectivity index (χ2v) is 4.02. The number of carbonyl (C=O) groups excluding carboxylic acids is 1. The van der Waals surface area contributed by atoms with Crippen LogP contribution in [-0.4, -0.2) is 23.9 Å². The van der Waals surface area contributed by atoms with Gasteiger partial charge in [-0.15, -0.1) is 0 Å². The van der Waals surface area contributed by atoms with Crippen LogP contribution in [-0.2, 0) is 11.2 Å². The van der Waals surface area contributed by atoms with Crippen molar-refractivity contribution in [3.63, 3.8) is 0 Å². The van der Waals surface area contributed by atoms with Crippen molar-refractivity contribution in [3.05, 3.63) is 36.0 Å². The first-order valence-corrected chi connectivity index (χ1v) is 6.45. The number of benzene rings is 1. The van der Waals surface area contributed by atoms with Crippen LogP contribution in [0.4, 0.5) is 0 Å². The highest BCUT2D eigenvalue weighted by Crippen LogP contribution is 2.19. The molecule has 2 aromatic rings. The first kappa shape index (κ1) is 14.5. The molecule has 0 amide bonds. The normalized spacial score (nSPS) is 11.8. The number of aromatic nitrogens is 1. The van der Waals surface area contributed by atoms with Crippen molar-refractivity contribution in [1.29, 1.82) is 0 Å². The summed E-state index contributed by atoms with van der Waals surface area (Å²) in [7, 11) is 1.82. The maximum atomic E-state index is 11.4. The van der Waals surface area contributed by atoms with Gasteiger partial charge in [-0.2, -0.15) is 0 Å². The third kappa shape index (κ3) is 3.20. The SMILES string of the molecule is CC.CNC(Cc1c[nH]c2ccccc12)C(C)=O. The molecule has 0 bridgehead atoms. The predicted octanol–water partition coefficient (Wildman–Crippen LogP) is 2.91. The third-order valence-electron chi connectivity index (χ3n) is 2.94. The number of nitrogens with one attached hydrogen (secondary N) is 2. The van der Waals surface area contributed by atoms with Gasteiger partial charge in [-0.05, 0) is 32.0 Å². The average Bonchev–Trinajstić information content (AvgIpc) is 2.81. The lowest BCUT2D eigenvalue weighted by Crippen LogP contribution is -2.34. The van der Waals surface area contributed by atoms with E-state index in [-0.39, 0.29) is 11.8 Å². The molecular formula is C15H22N2O. The average molecular weight is 246 g/mol. The Bertz CT molecular complexity index is 502. The molecule has 1 aromatic heterocycles. The summed E-state index contributed by atoms with van der Waals surface area (Å²) >= 11 is 0. The fraction of sp³-hybridized carbons (Fsp3) is 0.400. The molecule has 98 valence electrons. The van der Waals surface area contributed by atoms with Crippen LogP contribution in [0.25, 0.3) is 10.9 Å². The molecule has 0 aliphatic heterocycles. The molecule has 0 saturated carbocycles. The maximum Gasteiger partial charge on any atom is 0.147 e. The van der Waals surface area contributed by atoms with Gasteiger partial charge in [0.25, 0.3) is 0 Å². The fourth-order valence-corrected chi connectivity index (χ4v) is 1.97. The van der Waals surface area contributed by atoms with E-state index in [1.54, 1.807) is 6.92 Å². The van der Waals surface area contributed by atoms with Crippen molar-refractivity contribution < 1.29 is 4.79 Å². The van der Waals surface area contributed by atoms with Crippen LogP contribution in [0.15, 0.2) is 30.5 Å². The molecule has 0 aliphatic carbocycles. The number of H-pyrrole nitrogens is 1. The molecule has 0 aliphatic rings. The van der Waals surface area contributed by atoms with Crippen LogP contribution < -0.4 is 5.32 Å². The van der Waals surface area contributed by atoms with Gasteiger partial charge < -0.3 is 10.3 Å².